The summed E-state index contributed by atoms with van der Waals surface area (Å²) in [5.74, 6) is 0.827. The summed E-state index contributed by atoms with van der Waals surface area (Å²) in [4.78, 5) is 0. The van der Waals surface area contributed by atoms with Crippen molar-refractivity contribution >= 4 is 5.69 Å². The second-order valence-corrected chi connectivity index (χ2v) is 4.13. The van der Waals surface area contributed by atoms with Gasteiger partial charge in [-0.15, -0.1) is 0 Å². The van der Waals surface area contributed by atoms with E-state index in [1.165, 1.54) is 7.11 Å². The van der Waals surface area contributed by atoms with E-state index in [4.69, 9.17) is 19.9 Å². The van der Waals surface area contributed by atoms with Crippen molar-refractivity contribution in [2.24, 2.45) is 0 Å². The molecule has 0 saturated heterocycles. The van der Waals surface area contributed by atoms with Crippen molar-refractivity contribution in [1.29, 1.82) is 0 Å². The Kier molecular flexibility index (Phi) is 4.30. The molecule has 0 unspecified atom stereocenters. The molecule has 0 fully saturated rings. The fourth-order valence-corrected chi connectivity index (χ4v) is 1.75. The summed E-state index contributed by atoms with van der Waals surface area (Å²) in [5, 5.41) is 0. The molecule has 0 aliphatic rings. The van der Waals surface area contributed by atoms with E-state index in [-0.39, 0.29) is 12.4 Å². The van der Waals surface area contributed by atoms with Crippen LogP contribution in [0.2, 0.25) is 0 Å². The highest BCUT2D eigenvalue weighted by Gasteiger charge is 2.10. The Morgan fingerprint density at radius 2 is 1.85 bits per heavy atom. The van der Waals surface area contributed by atoms with E-state index in [9.17, 15) is 4.39 Å². The predicted molar refractivity (Wildman–Crippen MR) is 74.7 cm³/mol. The molecule has 2 aromatic carbocycles. The zero-order chi connectivity index (χ0) is 14.5. The maximum atomic E-state index is 14.0. The second-order valence-electron chi connectivity index (χ2n) is 4.13. The summed E-state index contributed by atoms with van der Waals surface area (Å²) < 4.78 is 29.5. The molecule has 2 rings (SSSR count). The molecule has 0 radical (unpaired) electrons. The van der Waals surface area contributed by atoms with E-state index in [0.29, 0.717) is 22.7 Å². The van der Waals surface area contributed by atoms with Gasteiger partial charge in [-0.3, -0.25) is 0 Å². The van der Waals surface area contributed by atoms with Crippen molar-refractivity contribution in [3.63, 3.8) is 0 Å². The average molecular weight is 277 g/mol. The van der Waals surface area contributed by atoms with Gasteiger partial charge in [0.25, 0.3) is 0 Å². The molecule has 106 valence electrons. The average Bonchev–Trinajstić information content (AvgIpc) is 2.47. The number of ether oxygens (including phenoxy) is 3. The monoisotopic (exact) mass is 277 g/mol. The zero-order valence-electron chi connectivity index (χ0n) is 11.4. The molecular weight excluding hydrogens is 261 g/mol. The van der Waals surface area contributed by atoms with Crippen LogP contribution in [0.1, 0.15) is 5.56 Å². The molecule has 5 heteroatoms. The molecule has 2 N–H and O–H groups in total. The van der Waals surface area contributed by atoms with Gasteiger partial charge in [0.05, 0.1) is 19.9 Å². The molecule has 4 nitrogen and oxygen atoms in total. The van der Waals surface area contributed by atoms with Gasteiger partial charge in [0, 0.05) is 11.6 Å². The van der Waals surface area contributed by atoms with Gasteiger partial charge in [0.15, 0.2) is 11.6 Å². The van der Waals surface area contributed by atoms with E-state index in [1.54, 1.807) is 43.5 Å². The number of anilines is 1. The molecule has 0 aromatic heterocycles. The highest BCUT2D eigenvalue weighted by Crippen LogP contribution is 2.28. The van der Waals surface area contributed by atoms with Gasteiger partial charge in [-0.2, -0.15) is 0 Å². The lowest BCUT2D eigenvalue weighted by molar-refractivity contribution is 0.295. The Labute approximate surface area is 116 Å². The van der Waals surface area contributed by atoms with Gasteiger partial charge in [-0.25, -0.2) is 4.39 Å². The fourth-order valence-electron chi connectivity index (χ4n) is 1.75. The Morgan fingerprint density at radius 1 is 1.05 bits per heavy atom. The molecule has 0 amide bonds. The van der Waals surface area contributed by atoms with Crippen LogP contribution in [0.3, 0.4) is 0 Å². The van der Waals surface area contributed by atoms with Crippen molar-refractivity contribution in [2.45, 2.75) is 6.61 Å². The highest BCUT2D eigenvalue weighted by atomic mass is 19.1. The quantitative estimate of drug-likeness (QED) is 0.854. The van der Waals surface area contributed by atoms with Crippen LogP contribution in [0, 0.1) is 5.82 Å². The van der Waals surface area contributed by atoms with E-state index in [0.717, 1.165) is 0 Å². The van der Waals surface area contributed by atoms with Crippen LogP contribution in [0.25, 0.3) is 0 Å². The molecule has 0 spiro atoms. The van der Waals surface area contributed by atoms with Crippen LogP contribution in [0.5, 0.6) is 17.2 Å². The van der Waals surface area contributed by atoms with Crippen molar-refractivity contribution in [1.82, 2.24) is 0 Å². The molecule has 0 heterocycles. The molecule has 2 aromatic rings. The fraction of sp³-hybridized carbons (Fsp3) is 0.200. The predicted octanol–water partition coefficient (Wildman–Crippen LogP) is 3.00. The minimum Gasteiger partial charge on any atom is -0.497 e. The summed E-state index contributed by atoms with van der Waals surface area (Å²) in [6.45, 7) is 0.0560. The number of rotatable bonds is 5. The number of hydrogen-bond donors (Lipinski definition) is 1. The highest BCUT2D eigenvalue weighted by molar-refractivity contribution is 5.55. The van der Waals surface area contributed by atoms with Gasteiger partial charge in [-0.1, -0.05) is 12.1 Å². The maximum absolute atomic E-state index is 14.0. The Balaban J connectivity index is 2.16. The molecule has 0 bridgehead atoms. The first-order chi connectivity index (χ1) is 9.65. The minimum absolute atomic E-state index is 0.0560. The van der Waals surface area contributed by atoms with Gasteiger partial charge >= 0.3 is 0 Å². The molecule has 0 aliphatic heterocycles. The Bertz CT molecular complexity index is 600. The van der Waals surface area contributed by atoms with E-state index < -0.39 is 5.82 Å². The van der Waals surface area contributed by atoms with Crippen LogP contribution in [-0.4, -0.2) is 14.2 Å². The van der Waals surface area contributed by atoms with E-state index >= 15 is 0 Å². The Morgan fingerprint density at radius 3 is 2.55 bits per heavy atom. The Hall–Kier alpha value is -2.43. The van der Waals surface area contributed by atoms with Gasteiger partial charge < -0.3 is 19.9 Å². The van der Waals surface area contributed by atoms with Gasteiger partial charge in [0.2, 0.25) is 0 Å². The van der Waals surface area contributed by atoms with Crippen molar-refractivity contribution < 1.29 is 18.6 Å². The number of methoxy groups -OCH3 is 2. The standard InChI is InChI=1S/C15H16FNO3/c1-18-11-6-7-12(17)14(8-11)20-9-10-4-3-5-13(19-2)15(10)16/h3-8H,9,17H2,1-2H3. The molecule has 20 heavy (non-hydrogen) atoms. The number of hydrogen-bond acceptors (Lipinski definition) is 4. The van der Waals surface area contributed by atoms with Crippen LogP contribution < -0.4 is 19.9 Å². The largest absolute Gasteiger partial charge is 0.497 e. The lowest BCUT2D eigenvalue weighted by Crippen LogP contribution is -2.02. The smallest absolute Gasteiger partial charge is 0.171 e. The van der Waals surface area contributed by atoms with Crippen LogP contribution in [-0.2, 0) is 6.61 Å². The van der Waals surface area contributed by atoms with Crippen LogP contribution in [0.4, 0.5) is 10.1 Å². The second kappa shape index (κ2) is 6.14. The zero-order valence-corrected chi connectivity index (χ0v) is 11.4. The molecule has 0 atom stereocenters. The third-order valence-corrected chi connectivity index (χ3v) is 2.87. The van der Waals surface area contributed by atoms with Crippen molar-refractivity contribution in [2.75, 3.05) is 20.0 Å². The summed E-state index contributed by atoms with van der Waals surface area (Å²) >= 11 is 0. The molecule has 0 saturated carbocycles. The number of benzene rings is 2. The summed E-state index contributed by atoms with van der Waals surface area (Å²) in [6.07, 6.45) is 0. The first kappa shape index (κ1) is 14.0. The SMILES string of the molecule is COc1ccc(N)c(OCc2cccc(OC)c2F)c1. The maximum Gasteiger partial charge on any atom is 0.171 e. The first-order valence-electron chi connectivity index (χ1n) is 6.03. The molecule has 0 aliphatic carbocycles. The van der Waals surface area contributed by atoms with E-state index in [2.05, 4.69) is 0 Å². The van der Waals surface area contributed by atoms with E-state index in [1.807, 2.05) is 0 Å². The lowest BCUT2D eigenvalue weighted by Gasteiger charge is -2.12. The summed E-state index contributed by atoms with van der Waals surface area (Å²) in [6, 6.07) is 9.96. The summed E-state index contributed by atoms with van der Waals surface area (Å²) in [5.41, 5.74) is 6.67. The van der Waals surface area contributed by atoms with Crippen LogP contribution >= 0.6 is 0 Å². The van der Waals surface area contributed by atoms with Crippen molar-refractivity contribution in [3.05, 3.63) is 47.8 Å². The number of halogens is 1. The summed E-state index contributed by atoms with van der Waals surface area (Å²) in [7, 11) is 2.97. The number of nitrogens with two attached hydrogens (primary N) is 1. The number of nitrogen functional groups attached to an aromatic ring is 1. The third-order valence-electron chi connectivity index (χ3n) is 2.87. The normalized spacial score (nSPS) is 10.2. The van der Waals surface area contributed by atoms with Crippen molar-refractivity contribution in [3.8, 4) is 17.2 Å². The van der Waals surface area contributed by atoms with Gasteiger partial charge in [0.1, 0.15) is 18.1 Å². The minimum atomic E-state index is -0.434. The lowest BCUT2D eigenvalue weighted by atomic mass is 10.2. The van der Waals surface area contributed by atoms with Gasteiger partial charge in [-0.05, 0) is 18.2 Å². The molecular formula is C15H16FNO3. The topological polar surface area (TPSA) is 53.7 Å². The van der Waals surface area contributed by atoms with Crippen LogP contribution in [0.15, 0.2) is 36.4 Å². The first-order valence-corrected chi connectivity index (χ1v) is 6.03. The third kappa shape index (κ3) is 2.93.